The minimum absolute atomic E-state index is 0.114. The maximum Gasteiger partial charge on any atom is 0.0546 e. The first-order valence-corrected chi connectivity index (χ1v) is 19.2. The summed E-state index contributed by atoms with van der Waals surface area (Å²) >= 11 is 1.87. The molecule has 252 valence electrons. The summed E-state index contributed by atoms with van der Waals surface area (Å²) in [7, 11) is 0. The molecule has 0 bridgehead atoms. The minimum atomic E-state index is -0.114. The number of anilines is 3. The number of thiophene rings is 1. The molecule has 0 spiro atoms. The second kappa shape index (κ2) is 12.5. The monoisotopic (exact) mass is 695 g/mol. The zero-order valence-corrected chi connectivity index (χ0v) is 30.6. The maximum absolute atomic E-state index is 2.48. The molecular weight excluding hydrogens is 659 g/mol. The molecule has 1 aliphatic carbocycles. The molecule has 1 nitrogen and oxygen atoms in total. The van der Waals surface area contributed by atoms with E-state index < -0.39 is 0 Å². The molecule has 0 N–H and O–H groups in total. The van der Waals surface area contributed by atoms with E-state index in [1.807, 2.05) is 11.3 Å². The van der Waals surface area contributed by atoms with Crippen LogP contribution in [0.3, 0.4) is 0 Å². The number of fused-ring (bicyclic) bond motifs is 6. The van der Waals surface area contributed by atoms with Crippen LogP contribution in [-0.2, 0) is 5.41 Å². The van der Waals surface area contributed by atoms with Crippen molar-refractivity contribution in [3.05, 3.63) is 199 Å². The van der Waals surface area contributed by atoms with Gasteiger partial charge in [0.1, 0.15) is 0 Å². The fraction of sp³-hybridized carbons (Fsp3) is 0.0588. The van der Waals surface area contributed by atoms with Crippen molar-refractivity contribution in [2.24, 2.45) is 0 Å². The number of nitrogens with zero attached hydrogens (tertiary/aromatic N) is 1. The van der Waals surface area contributed by atoms with E-state index in [1.165, 1.54) is 75.8 Å². The van der Waals surface area contributed by atoms with Gasteiger partial charge in [-0.1, -0.05) is 159 Å². The van der Waals surface area contributed by atoms with Crippen molar-refractivity contribution in [2.45, 2.75) is 19.3 Å². The van der Waals surface area contributed by atoms with E-state index in [-0.39, 0.29) is 5.41 Å². The minimum Gasteiger partial charge on any atom is -0.310 e. The first-order chi connectivity index (χ1) is 26.1. The van der Waals surface area contributed by atoms with Gasteiger partial charge in [-0.3, -0.25) is 0 Å². The molecule has 1 aromatic heterocycles. The standard InChI is InChI=1S/C51H37NS/c1-51(2)44-23-11-9-19-40(44)41-32-31-38(33-45(41)51)52(37-17-7-4-8-18-37)46-24-13-21-39(36-29-27-35(28-30-36)34-15-5-3-6-16-34)49(46)43-22-14-26-48-50(43)42-20-10-12-25-47(42)53-48/h3-33H,1-2H3. The predicted molar refractivity (Wildman–Crippen MR) is 228 cm³/mol. The van der Waals surface area contributed by atoms with E-state index in [4.69, 9.17) is 0 Å². The Morgan fingerprint density at radius 2 is 1.02 bits per heavy atom. The van der Waals surface area contributed by atoms with Gasteiger partial charge < -0.3 is 4.90 Å². The molecule has 0 amide bonds. The largest absolute Gasteiger partial charge is 0.310 e. The summed E-state index contributed by atoms with van der Waals surface area (Å²) in [6.45, 7) is 4.73. The van der Waals surface area contributed by atoms with Gasteiger partial charge in [0, 0.05) is 42.5 Å². The van der Waals surface area contributed by atoms with E-state index >= 15 is 0 Å². The summed E-state index contributed by atoms with van der Waals surface area (Å²) in [5.74, 6) is 0. The highest BCUT2D eigenvalue weighted by atomic mass is 32.1. The van der Waals surface area contributed by atoms with Crippen molar-refractivity contribution in [3.63, 3.8) is 0 Å². The van der Waals surface area contributed by atoms with Crippen LogP contribution in [0.15, 0.2) is 188 Å². The first kappa shape index (κ1) is 31.5. The van der Waals surface area contributed by atoms with E-state index in [0.29, 0.717) is 0 Å². The van der Waals surface area contributed by atoms with E-state index in [0.717, 1.165) is 17.1 Å². The molecule has 0 saturated heterocycles. The highest BCUT2D eigenvalue weighted by Gasteiger charge is 2.36. The Bertz CT molecular complexity index is 2790. The molecular formula is C51H37NS. The average Bonchev–Trinajstić information content (AvgIpc) is 3.71. The highest BCUT2D eigenvalue weighted by molar-refractivity contribution is 7.25. The van der Waals surface area contributed by atoms with Crippen molar-refractivity contribution in [3.8, 4) is 44.5 Å². The van der Waals surface area contributed by atoms with Crippen LogP contribution in [-0.4, -0.2) is 0 Å². The Labute approximate surface area is 315 Å². The molecule has 0 radical (unpaired) electrons. The summed E-state index contributed by atoms with van der Waals surface area (Å²) in [6.07, 6.45) is 0. The lowest BCUT2D eigenvalue weighted by molar-refractivity contribution is 0.660. The topological polar surface area (TPSA) is 3.24 Å². The van der Waals surface area contributed by atoms with E-state index in [9.17, 15) is 0 Å². The van der Waals surface area contributed by atoms with Crippen LogP contribution in [0.4, 0.5) is 17.1 Å². The Hall–Kier alpha value is -6.22. The van der Waals surface area contributed by atoms with Gasteiger partial charge in [-0.05, 0) is 92.5 Å². The van der Waals surface area contributed by atoms with Crippen LogP contribution < -0.4 is 4.90 Å². The molecule has 0 fully saturated rings. The molecule has 0 aliphatic heterocycles. The fourth-order valence-electron chi connectivity index (χ4n) is 8.54. The molecule has 2 heteroatoms. The van der Waals surface area contributed by atoms with Crippen molar-refractivity contribution in [2.75, 3.05) is 4.90 Å². The SMILES string of the molecule is CC1(C)c2ccccc2-c2ccc(N(c3ccccc3)c3cccc(-c4ccc(-c5ccccc5)cc4)c3-c3cccc4sc5ccccc5c34)cc21. The predicted octanol–water partition coefficient (Wildman–Crippen LogP) is 14.8. The number of benzene rings is 8. The summed E-state index contributed by atoms with van der Waals surface area (Å²) < 4.78 is 2.61. The van der Waals surface area contributed by atoms with Crippen molar-refractivity contribution in [1.82, 2.24) is 0 Å². The highest BCUT2D eigenvalue weighted by Crippen LogP contribution is 2.53. The van der Waals surface area contributed by atoms with Gasteiger partial charge in [0.15, 0.2) is 0 Å². The van der Waals surface area contributed by atoms with Gasteiger partial charge in [0.25, 0.3) is 0 Å². The smallest absolute Gasteiger partial charge is 0.0546 e. The lowest BCUT2D eigenvalue weighted by atomic mass is 9.82. The zero-order chi connectivity index (χ0) is 35.5. The molecule has 10 rings (SSSR count). The number of para-hydroxylation sites is 1. The van der Waals surface area contributed by atoms with Crippen LogP contribution in [0.2, 0.25) is 0 Å². The third-order valence-electron chi connectivity index (χ3n) is 11.1. The Balaban J connectivity index is 1.25. The maximum atomic E-state index is 2.48. The van der Waals surface area contributed by atoms with E-state index in [1.54, 1.807) is 0 Å². The van der Waals surface area contributed by atoms with Gasteiger partial charge >= 0.3 is 0 Å². The Kier molecular flexibility index (Phi) is 7.42. The van der Waals surface area contributed by atoms with Crippen molar-refractivity contribution in [1.29, 1.82) is 0 Å². The molecule has 9 aromatic rings. The lowest BCUT2D eigenvalue weighted by Gasteiger charge is -2.31. The first-order valence-electron chi connectivity index (χ1n) is 18.4. The zero-order valence-electron chi connectivity index (χ0n) is 29.8. The van der Waals surface area contributed by atoms with Gasteiger partial charge in [-0.25, -0.2) is 0 Å². The number of rotatable bonds is 6. The molecule has 0 saturated carbocycles. The van der Waals surface area contributed by atoms with Crippen LogP contribution in [0, 0.1) is 0 Å². The Morgan fingerprint density at radius 3 is 1.85 bits per heavy atom. The van der Waals surface area contributed by atoms with Gasteiger partial charge in [-0.2, -0.15) is 0 Å². The van der Waals surface area contributed by atoms with Gasteiger partial charge in [0.2, 0.25) is 0 Å². The van der Waals surface area contributed by atoms with Crippen LogP contribution in [0.1, 0.15) is 25.0 Å². The summed E-state index contributed by atoms with van der Waals surface area (Å²) in [4.78, 5) is 2.48. The summed E-state index contributed by atoms with van der Waals surface area (Å²) in [5.41, 5.74) is 16.0. The Morgan fingerprint density at radius 1 is 0.415 bits per heavy atom. The van der Waals surface area contributed by atoms with Gasteiger partial charge in [0.05, 0.1) is 5.69 Å². The third-order valence-corrected chi connectivity index (χ3v) is 12.2. The van der Waals surface area contributed by atoms with Crippen LogP contribution in [0.25, 0.3) is 64.7 Å². The second-order valence-electron chi connectivity index (χ2n) is 14.5. The molecule has 0 unspecified atom stereocenters. The number of hydrogen-bond acceptors (Lipinski definition) is 2. The van der Waals surface area contributed by atoms with Crippen LogP contribution >= 0.6 is 11.3 Å². The molecule has 8 aromatic carbocycles. The summed E-state index contributed by atoms with van der Waals surface area (Å²) in [5, 5.41) is 2.60. The quantitative estimate of drug-likeness (QED) is 0.167. The third kappa shape index (κ3) is 5.13. The molecule has 1 heterocycles. The van der Waals surface area contributed by atoms with Crippen LogP contribution in [0.5, 0.6) is 0 Å². The van der Waals surface area contributed by atoms with Crippen molar-refractivity contribution < 1.29 is 0 Å². The molecule has 0 atom stereocenters. The summed E-state index contributed by atoms with van der Waals surface area (Å²) in [6, 6.07) is 69.1. The normalized spacial score (nSPS) is 12.9. The number of hydrogen-bond donors (Lipinski definition) is 0. The second-order valence-corrected chi connectivity index (χ2v) is 15.6. The van der Waals surface area contributed by atoms with Crippen molar-refractivity contribution >= 4 is 48.6 Å². The fourth-order valence-corrected chi connectivity index (χ4v) is 9.67. The molecule has 1 aliphatic rings. The van der Waals surface area contributed by atoms with Gasteiger partial charge in [-0.15, -0.1) is 11.3 Å². The van der Waals surface area contributed by atoms with E-state index in [2.05, 4.69) is 207 Å². The molecule has 53 heavy (non-hydrogen) atoms. The average molecular weight is 696 g/mol. The lowest BCUT2D eigenvalue weighted by Crippen LogP contribution is -2.17.